The zero-order chi connectivity index (χ0) is 14.2. The van der Waals surface area contributed by atoms with Gasteiger partial charge in [0.1, 0.15) is 11.5 Å². The van der Waals surface area contributed by atoms with Crippen LogP contribution in [0.1, 0.15) is 26.4 Å². The van der Waals surface area contributed by atoms with Crippen LogP contribution in [0.2, 0.25) is 0 Å². The van der Waals surface area contributed by atoms with Crippen LogP contribution >= 0.6 is 15.9 Å². The maximum atomic E-state index is 13.0. The van der Waals surface area contributed by atoms with E-state index in [0.29, 0.717) is 4.47 Å². The van der Waals surface area contributed by atoms with Crippen molar-refractivity contribution in [2.75, 3.05) is 0 Å². The van der Waals surface area contributed by atoms with Crippen LogP contribution in [0.3, 0.4) is 0 Å². The molecule has 0 atom stereocenters. The lowest BCUT2D eigenvalue weighted by Gasteiger charge is -2.01. The number of hydrogen-bond donors (Lipinski definition) is 1. The van der Waals surface area contributed by atoms with Crippen molar-refractivity contribution in [2.45, 2.75) is 0 Å². The van der Waals surface area contributed by atoms with E-state index in [9.17, 15) is 14.0 Å². The molecule has 19 heavy (non-hydrogen) atoms. The third kappa shape index (κ3) is 2.58. The predicted molar refractivity (Wildman–Crippen MR) is 69.9 cm³/mol. The van der Waals surface area contributed by atoms with E-state index in [0.717, 1.165) is 0 Å². The van der Waals surface area contributed by atoms with Gasteiger partial charge < -0.3 is 9.67 Å². The molecule has 0 unspecified atom stereocenters. The highest BCUT2D eigenvalue weighted by atomic mass is 79.9. The summed E-state index contributed by atoms with van der Waals surface area (Å²) in [6.07, 6.45) is 1.43. The Hall–Kier alpha value is -1.95. The summed E-state index contributed by atoms with van der Waals surface area (Å²) >= 11 is 3.12. The number of hydrogen-bond acceptors (Lipinski definition) is 2. The number of carboxylic acids is 1. The van der Waals surface area contributed by atoms with Crippen LogP contribution < -0.4 is 0 Å². The average molecular weight is 326 g/mol. The standard InChI is InChI=1S/C13H9BrFNO3/c1-16-6-7(4-11(16)13(18)19)12(17)9-3-2-8(15)5-10(9)14/h2-6H,1H3,(H,18,19). The molecule has 0 aliphatic carbocycles. The second kappa shape index (κ2) is 4.97. The highest BCUT2D eigenvalue weighted by Gasteiger charge is 2.18. The number of nitrogens with zero attached hydrogens (tertiary/aromatic N) is 1. The molecule has 1 heterocycles. The number of carbonyl (C=O) groups excluding carboxylic acids is 1. The molecule has 0 saturated carbocycles. The SMILES string of the molecule is Cn1cc(C(=O)c2ccc(F)cc2Br)cc1C(=O)O. The van der Waals surface area contributed by atoms with Gasteiger partial charge in [-0.3, -0.25) is 4.79 Å². The van der Waals surface area contributed by atoms with Crippen LogP contribution in [0.15, 0.2) is 34.9 Å². The largest absolute Gasteiger partial charge is 0.477 e. The summed E-state index contributed by atoms with van der Waals surface area (Å²) in [5, 5.41) is 8.93. The molecule has 0 aliphatic rings. The minimum Gasteiger partial charge on any atom is -0.477 e. The molecule has 1 aromatic heterocycles. The van der Waals surface area contributed by atoms with E-state index >= 15 is 0 Å². The molecule has 0 aliphatic heterocycles. The summed E-state index contributed by atoms with van der Waals surface area (Å²) in [7, 11) is 1.54. The summed E-state index contributed by atoms with van der Waals surface area (Å²) in [6.45, 7) is 0. The molecule has 0 saturated heterocycles. The van der Waals surface area contributed by atoms with Crippen molar-refractivity contribution in [3.63, 3.8) is 0 Å². The molecule has 98 valence electrons. The molecular weight excluding hydrogens is 317 g/mol. The Labute approximate surface area is 116 Å². The molecule has 2 aromatic rings. The van der Waals surface area contributed by atoms with Gasteiger partial charge in [0.25, 0.3) is 0 Å². The Kier molecular flexibility index (Phi) is 3.53. The molecule has 0 spiro atoms. The Morgan fingerprint density at radius 3 is 2.53 bits per heavy atom. The minimum absolute atomic E-state index is 0.0154. The van der Waals surface area contributed by atoms with Crippen LogP contribution in [0.4, 0.5) is 4.39 Å². The molecule has 0 amide bonds. The highest BCUT2D eigenvalue weighted by molar-refractivity contribution is 9.10. The number of rotatable bonds is 3. The van der Waals surface area contributed by atoms with E-state index in [1.807, 2.05) is 0 Å². The Bertz CT molecular complexity index is 679. The molecule has 1 N–H and O–H groups in total. The fraction of sp³-hybridized carbons (Fsp3) is 0.0769. The van der Waals surface area contributed by atoms with Gasteiger partial charge in [-0.1, -0.05) is 0 Å². The Balaban J connectivity index is 2.44. The number of aromatic carboxylic acids is 1. The van der Waals surface area contributed by atoms with Crippen molar-refractivity contribution < 1.29 is 19.1 Å². The van der Waals surface area contributed by atoms with Crippen LogP contribution in [0, 0.1) is 5.82 Å². The lowest BCUT2D eigenvalue weighted by molar-refractivity contribution is 0.0686. The fourth-order valence-electron chi connectivity index (χ4n) is 1.73. The monoisotopic (exact) mass is 325 g/mol. The lowest BCUT2D eigenvalue weighted by atomic mass is 10.1. The van der Waals surface area contributed by atoms with E-state index in [4.69, 9.17) is 5.11 Å². The first-order valence-corrected chi connectivity index (χ1v) is 6.09. The van der Waals surface area contributed by atoms with Gasteiger partial charge in [-0.25, -0.2) is 9.18 Å². The molecule has 4 nitrogen and oxygen atoms in total. The summed E-state index contributed by atoms with van der Waals surface area (Å²) in [5.74, 6) is -1.93. The van der Waals surface area contributed by atoms with Crippen molar-refractivity contribution in [3.8, 4) is 0 Å². The molecule has 0 radical (unpaired) electrons. The first-order valence-electron chi connectivity index (χ1n) is 5.29. The maximum absolute atomic E-state index is 13.0. The van der Waals surface area contributed by atoms with E-state index < -0.39 is 11.8 Å². The maximum Gasteiger partial charge on any atom is 0.352 e. The second-order valence-electron chi connectivity index (χ2n) is 3.98. The molecule has 0 bridgehead atoms. The van der Waals surface area contributed by atoms with Gasteiger partial charge >= 0.3 is 5.97 Å². The zero-order valence-corrected chi connectivity index (χ0v) is 11.4. The van der Waals surface area contributed by atoms with Crippen LogP contribution in [-0.2, 0) is 7.05 Å². The summed E-state index contributed by atoms with van der Waals surface area (Å²) < 4.78 is 14.7. The fourth-order valence-corrected chi connectivity index (χ4v) is 2.26. The Morgan fingerprint density at radius 2 is 2.00 bits per heavy atom. The normalized spacial score (nSPS) is 10.5. The minimum atomic E-state index is -1.11. The first-order chi connectivity index (χ1) is 8.90. The molecule has 0 fully saturated rings. The average Bonchev–Trinajstić information content (AvgIpc) is 2.70. The smallest absolute Gasteiger partial charge is 0.352 e. The van der Waals surface area contributed by atoms with Gasteiger partial charge in [0, 0.05) is 28.8 Å². The second-order valence-corrected chi connectivity index (χ2v) is 4.84. The van der Waals surface area contributed by atoms with Crippen LogP contribution in [0.5, 0.6) is 0 Å². The number of benzene rings is 1. The van der Waals surface area contributed by atoms with E-state index in [2.05, 4.69) is 15.9 Å². The predicted octanol–water partition coefficient (Wildman–Crippen LogP) is 2.86. The number of halogens is 2. The number of aromatic nitrogens is 1. The summed E-state index contributed by atoms with van der Waals surface area (Å²) in [5.41, 5.74) is 0.540. The van der Waals surface area contributed by atoms with Crippen molar-refractivity contribution in [1.82, 2.24) is 4.57 Å². The molecule has 2 rings (SSSR count). The third-order valence-corrected chi connectivity index (χ3v) is 3.32. The third-order valence-electron chi connectivity index (χ3n) is 2.66. The van der Waals surface area contributed by atoms with Gasteiger partial charge in [-0.15, -0.1) is 0 Å². The van der Waals surface area contributed by atoms with Gasteiger partial charge in [0.2, 0.25) is 0 Å². The topological polar surface area (TPSA) is 59.3 Å². The van der Waals surface area contributed by atoms with Crippen molar-refractivity contribution in [3.05, 3.63) is 57.6 Å². The van der Waals surface area contributed by atoms with E-state index in [1.54, 1.807) is 7.05 Å². The molecular formula is C13H9BrFNO3. The van der Waals surface area contributed by atoms with Gasteiger partial charge in [0.15, 0.2) is 5.78 Å². The summed E-state index contributed by atoms with van der Waals surface area (Å²) in [6, 6.07) is 5.02. The zero-order valence-electron chi connectivity index (χ0n) is 9.85. The van der Waals surface area contributed by atoms with Crippen LogP contribution in [0.25, 0.3) is 0 Å². The lowest BCUT2D eigenvalue weighted by Crippen LogP contribution is -2.02. The van der Waals surface area contributed by atoms with Crippen LogP contribution in [-0.4, -0.2) is 21.4 Å². The van der Waals surface area contributed by atoms with E-state index in [-0.39, 0.29) is 22.6 Å². The first kappa shape index (κ1) is 13.5. The highest BCUT2D eigenvalue weighted by Crippen LogP contribution is 2.22. The number of ketones is 1. The van der Waals surface area contributed by atoms with Gasteiger partial charge in [-0.05, 0) is 40.2 Å². The van der Waals surface area contributed by atoms with Crippen molar-refractivity contribution in [1.29, 1.82) is 0 Å². The molecule has 6 heteroatoms. The Morgan fingerprint density at radius 1 is 1.32 bits per heavy atom. The number of aryl methyl sites for hydroxylation is 1. The van der Waals surface area contributed by atoms with Gasteiger partial charge in [0.05, 0.1) is 0 Å². The summed E-state index contributed by atoms with van der Waals surface area (Å²) in [4.78, 5) is 23.1. The van der Waals surface area contributed by atoms with Crippen molar-refractivity contribution >= 4 is 27.7 Å². The number of carbonyl (C=O) groups is 2. The van der Waals surface area contributed by atoms with E-state index in [1.165, 1.54) is 35.0 Å². The molecule has 1 aromatic carbocycles. The van der Waals surface area contributed by atoms with Gasteiger partial charge in [-0.2, -0.15) is 0 Å². The van der Waals surface area contributed by atoms with Crippen molar-refractivity contribution in [2.24, 2.45) is 7.05 Å². The quantitative estimate of drug-likeness (QED) is 0.883. The number of carboxylic acid groups (broad SMARTS) is 1.